The van der Waals surface area contributed by atoms with Crippen molar-refractivity contribution < 1.29 is 9.53 Å². The maximum Gasteiger partial charge on any atom is 0.407 e. The first-order valence-corrected chi connectivity index (χ1v) is 8.58. The van der Waals surface area contributed by atoms with Gasteiger partial charge in [0.1, 0.15) is 5.60 Å². The van der Waals surface area contributed by atoms with Crippen LogP contribution in [0.15, 0.2) is 0 Å². The standard InChI is InChI=1S/C17H32N2O2/c1-12-7-5-6-8-14(12)19-15(13-9-10-13)11-18-16(20)21-17(2,3)4/h12-15,19H,5-11H2,1-4H3,(H,18,20). The minimum Gasteiger partial charge on any atom is -0.444 e. The first-order valence-electron chi connectivity index (χ1n) is 8.58. The number of rotatable bonds is 5. The minimum absolute atomic E-state index is 0.299. The van der Waals surface area contributed by atoms with E-state index >= 15 is 0 Å². The Morgan fingerprint density at radius 3 is 2.43 bits per heavy atom. The summed E-state index contributed by atoms with van der Waals surface area (Å²) in [6, 6.07) is 1.02. The Bertz CT molecular complexity index is 347. The van der Waals surface area contributed by atoms with Crippen LogP contribution in [-0.2, 0) is 4.74 Å². The lowest BCUT2D eigenvalue weighted by Gasteiger charge is -2.33. The van der Waals surface area contributed by atoms with E-state index in [0.29, 0.717) is 18.6 Å². The molecule has 2 N–H and O–H groups in total. The molecule has 0 heterocycles. The highest BCUT2D eigenvalue weighted by Crippen LogP contribution is 2.34. The van der Waals surface area contributed by atoms with Gasteiger partial charge in [-0.15, -0.1) is 0 Å². The van der Waals surface area contributed by atoms with Gasteiger partial charge in [-0.25, -0.2) is 4.79 Å². The van der Waals surface area contributed by atoms with E-state index in [2.05, 4.69) is 17.6 Å². The first kappa shape index (κ1) is 16.6. The second-order valence-electron chi connectivity index (χ2n) is 7.86. The molecule has 0 spiro atoms. The summed E-state index contributed by atoms with van der Waals surface area (Å²) in [6.45, 7) is 8.72. The van der Waals surface area contributed by atoms with E-state index in [4.69, 9.17) is 4.74 Å². The molecule has 4 heteroatoms. The molecule has 2 rings (SSSR count). The summed E-state index contributed by atoms with van der Waals surface area (Å²) in [5.41, 5.74) is -0.426. The Balaban J connectivity index is 1.78. The van der Waals surface area contributed by atoms with Crippen LogP contribution in [0.25, 0.3) is 0 Å². The van der Waals surface area contributed by atoms with E-state index in [1.807, 2.05) is 20.8 Å². The fourth-order valence-electron chi connectivity index (χ4n) is 3.21. The lowest BCUT2D eigenvalue weighted by Crippen LogP contribution is -2.50. The Kier molecular flexibility index (Phi) is 5.53. The molecule has 21 heavy (non-hydrogen) atoms. The predicted octanol–water partition coefficient (Wildman–Crippen LogP) is 3.46. The van der Waals surface area contributed by atoms with Gasteiger partial charge in [0.2, 0.25) is 0 Å². The lowest BCUT2D eigenvalue weighted by molar-refractivity contribution is 0.0518. The van der Waals surface area contributed by atoms with Crippen molar-refractivity contribution in [2.24, 2.45) is 11.8 Å². The van der Waals surface area contributed by atoms with Crippen molar-refractivity contribution in [2.75, 3.05) is 6.54 Å². The summed E-state index contributed by atoms with van der Waals surface area (Å²) in [5.74, 6) is 1.48. The van der Waals surface area contributed by atoms with Crippen molar-refractivity contribution in [2.45, 2.75) is 83.9 Å². The van der Waals surface area contributed by atoms with Gasteiger partial charge in [0.05, 0.1) is 0 Å². The quantitative estimate of drug-likeness (QED) is 0.817. The molecule has 122 valence electrons. The average molecular weight is 296 g/mol. The zero-order valence-electron chi connectivity index (χ0n) is 14.1. The first-order chi connectivity index (χ1) is 9.85. The van der Waals surface area contributed by atoms with Crippen LogP contribution in [0, 0.1) is 11.8 Å². The monoisotopic (exact) mass is 296 g/mol. The zero-order valence-corrected chi connectivity index (χ0v) is 14.1. The van der Waals surface area contributed by atoms with E-state index < -0.39 is 5.60 Å². The fraction of sp³-hybridized carbons (Fsp3) is 0.941. The van der Waals surface area contributed by atoms with Crippen molar-refractivity contribution >= 4 is 6.09 Å². The van der Waals surface area contributed by atoms with Gasteiger partial charge in [0, 0.05) is 18.6 Å². The van der Waals surface area contributed by atoms with Gasteiger partial charge >= 0.3 is 6.09 Å². The molecule has 3 unspecified atom stereocenters. The largest absolute Gasteiger partial charge is 0.444 e. The fourth-order valence-corrected chi connectivity index (χ4v) is 3.21. The highest BCUT2D eigenvalue weighted by Gasteiger charge is 2.34. The number of hydrogen-bond donors (Lipinski definition) is 2. The zero-order chi connectivity index (χ0) is 15.5. The van der Waals surface area contributed by atoms with E-state index in [0.717, 1.165) is 11.8 Å². The summed E-state index contributed by atoms with van der Waals surface area (Å²) >= 11 is 0. The molecular formula is C17H32N2O2. The van der Waals surface area contributed by atoms with Gasteiger partial charge in [-0.05, 0) is 58.3 Å². The number of amides is 1. The van der Waals surface area contributed by atoms with Crippen molar-refractivity contribution in [3.63, 3.8) is 0 Å². The summed E-state index contributed by atoms with van der Waals surface area (Å²) in [7, 11) is 0. The van der Waals surface area contributed by atoms with Crippen molar-refractivity contribution in [3.8, 4) is 0 Å². The third-order valence-electron chi connectivity index (χ3n) is 4.60. The molecule has 0 radical (unpaired) electrons. The summed E-state index contributed by atoms with van der Waals surface area (Å²) < 4.78 is 5.32. The number of ether oxygens (including phenoxy) is 1. The highest BCUT2D eigenvalue weighted by atomic mass is 16.6. The predicted molar refractivity (Wildman–Crippen MR) is 85.3 cm³/mol. The minimum atomic E-state index is -0.426. The van der Waals surface area contributed by atoms with Crippen LogP contribution < -0.4 is 10.6 Å². The van der Waals surface area contributed by atoms with Gasteiger partial charge in [0.25, 0.3) is 0 Å². The molecular weight excluding hydrogens is 264 g/mol. The molecule has 0 aromatic rings. The van der Waals surface area contributed by atoms with Gasteiger partial charge in [-0.2, -0.15) is 0 Å². The summed E-state index contributed by atoms with van der Waals surface area (Å²) in [4.78, 5) is 11.8. The molecule has 2 saturated carbocycles. The molecule has 0 aromatic heterocycles. The molecule has 0 saturated heterocycles. The third kappa shape index (κ3) is 5.85. The molecule has 0 aromatic carbocycles. The van der Waals surface area contributed by atoms with Crippen molar-refractivity contribution in [3.05, 3.63) is 0 Å². The van der Waals surface area contributed by atoms with E-state index in [9.17, 15) is 4.79 Å². The van der Waals surface area contributed by atoms with Crippen LogP contribution in [0.2, 0.25) is 0 Å². The smallest absolute Gasteiger partial charge is 0.407 e. The summed E-state index contributed by atoms with van der Waals surface area (Å²) in [5, 5.41) is 6.76. The van der Waals surface area contributed by atoms with Crippen LogP contribution >= 0.6 is 0 Å². The summed E-state index contributed by atoms with van der Waals surface area (Å²) in [6.07, 6.45) is 7.57. The maximum absolute atomic E-state index is 11.8. The van der Waals surface area contributed by atoms with Crippen LogP contribution in [0.5, 0.6) is 0 Å². The molecule has 4 nitrogen and oxygen atoms in total. The normalized spacial score (nSPS) is 28.0. The second-order valence-corrected chi connectivity index (χ2v) is 7.86. The van der Waals surface area contributed by atoms with Gasteiger partial charge in [-0.1, -0.05) is 19.8 Å². The Morgan fingerprint density at radius 1 is 1.19 bits per heavy atom. The number of carbonyl (C=O) groups excluding carboxylic acids is 1. The van der Waals surface area contributed by atoms with Crippen LogP contribution in [-0.4, -0.2) is 30.3 Å². The van der Waals surface area contributed by atoms with Crippen molar-refractivity contribution in [1.82, 2.24) is 10.6 Å². The third-order valence-corrected chi connectivity index (χ3v) is 4.60. The number of alkyl carbamates (subject to hydrolysis) is 1. The number of nitrogens with one attached hydrogen (secondary N) is 2. The SMILES string of the molecule is CC1CCCCC1NC(CNC(=O)OC(C)(C)C)C1CC1. The van der Waals surface area contributed by atoms with Crippen molar-refractivity contribution in [1.29, 1.82) is 0 Å². The van der Waals surface area contributed by atoms with Crippen LogP contribution in [0.4, 0.5) is 4.79 Å². The molecule has 1 amide bonds. The second kappa shape index (κ2) is 6.99. The molecule has 0 bridgehead atoms. The van der Waals surface area contributed by atoms with Crippen LogP contribution in [0.1, 0.15) is 66.2 Å². The lowest BCUT2D eigenvalue weighted by atomic mass is 9.85. The molecule has 2 aliphatic rings. The van der Waals surface area contributed by atoms with E-state index in [1.165, 1.54) is 38.5 Å². The molecule has 3 atom stereocenters. The Labute approximate surface area is 129 Å². The highest BCUT2D eigenvalue weighted by molar-refractivity contribution is 5.67. The maximum atomic E-state index is 11.8. The van der Waals surface area contributed by atoms with Gasteiger partial charge in [0.15, 0.2) is 0 Å². The number of carbonyl (C=O) groups is 1. The van der Waals surface area contributed by atoms with Gasteiger partial charge in [-0.3, -0.25) is 0 Å². The van der Waals surface area contributed by atoms with E-state index in [-0.39, 0.29) is 6.09 Å². The molecule has 2 fully saturated rings. The van der Waals surface area contributed by atoms with Gasteiger partial charge < -0.3 is 15.4 Å². The van der Waals surface area contributed by atoms with E-state index in [1.54, 1.807) is 0 Å². The molecule has 2 aliphatic carbocycles. The Morgan fingerprint density at radius 2 is 1.86 bits per heavy atom. The Hall–Kier alpha value is -0.770. The molecule has 0 aliphatic heterocycles. The topological polar surface area (TPSA) is 50.4 Å². The number of hydrogen-bond acceptors (Lipinski definition) is 3. The average Bonchev–Trinajstić information content (AvgIpc) is 3.18. The van der Waals surface area contributed by atoms with Crippen LogP contribution in [0.3, 0.4) is 0 Å².